The third-order valence-corrected chi connectivity index (χ3v) is 11.6. The highest BCUT2D eigenvalue weighted by atomic mass is 32.3. The first-order valence-electron chi connectivity index (χ1n) is 16.4. The van der Waals surface area contributed by atoms with Crippen LogP contribution in [0.25, 0.3) is 11.0 Å². The fraction of sp³-hybridized carbons (Fsp3) is 0.486. The van der Waals surface area contributed by atoms with Crippen LogP contribution in [-0.4, -0.2) is 71.2 Å². The van der Waals surface area contributed by atoms with Crippen molar-refractivity contribution in [2.75, 3.05) is 19.8 Å². The second kappa shape index (κ2) is 13.2. The summed E-state index contributed by atoms with van der Waals surface area (Å²) in [6, 6.07) is 13.8. The summed E-state index contributed by atoms with van der Waals surface area (Å²) in [6.45, 7) is 14.6. The molecule has 4 aromatic rings. The van der Waals surface area contributed by atoms with Crippen LogP contribution in [0.2, 0.25) is 0 Å². The number of pyridine rings is 1. The van der Waals surface area contributed by atoms with Gasteiger partial charge in [-0.3, -0.25) is 13.9 Å². The Hall–Kier alpha value is -3.55. The topological polar surface area (TPSA) is 135 Å². The summed E-state index contributed by atoms with van der Waals surface area (Å²) < 4.78 is 38.6. The number of hydrogen-bond acceptors (Lipinski definition) is 9. The molecule has 2 aliphatic heterocycles. The summed E-state index contributed by atoms with van der Waals surface area (Å²) in [7, 11) is -3.40. The normalized spacial score (nSPS) is 21.1. The Labute approximate surface area is 278 Å². The molecule has 2 aromatic heterocycles. The van der Waals surface area contributed by atoms with Crippen LogP contribution >= 0.6 is 10.8 Å². The molecule has 0 radical (unpaired) electrons. The molecule has 1 saturated heterocycles. The monoisotopic (exact) mass is 662 g/mol. The third-order valence-electron chi connectivity index (χ3n) is 9.75. The lowest BCUT2D eigenvalue weighted by Crippen LogP contribution is -2.46. The average Bonchev–Trinajstić information content (AvgIpc) is 3.71. The Morgan fingerprint density at radius 2 is 1.98 bits per heavy atom. The van der Waals surface area contributed by atoms with E-state index in [9.17, 15) is 13.9 Å². The summed E-state index contributed by atoms with van der Waals surface area (Å²) in [5.41, 5.74) is 5.78. The zero-order chi connectivity index (χ0) is 33.5. The number of amides is 1. The van der Waals surface area contributed by atoms with Crippen molar-refractivity contribution in [2.45, 2.75) is 90.4 Å². The molecule has 0 saturated carbocycles. The summed E-state index contributed by atoms with van der Waals surface area (Å²) in [5.74, 6) is -0.134. The molecule has 2 aromatic carbocycles. The molecule has 0 aliphatic carbocycles. The number of fused-ring (bicyclic) bond motifs is 2. The molecule has 3 atom stereocenters. The van der Waals surface area contributed by atoms with Gasteiger partial charge in [0.2, 0.25) is 11.8 Å². The van der Waals surface area contributed by atoms with Gasteiger partial charge >= 0.3 is 0 Å². The van der Waals surface area contributed by atoms with Crippen LogP contribution in [0.1, 0.15) is 74.3 Å². The first-order valence-corrected chi connectivity index (χ1v) is 17.9. The SMILES string of the molecule is CCC1CN(Cc2cc(C(c3ccc4c(nnn4CC)c3C)C(C)(C)C(=O)NC3CCOC3)ccc2C)S(O)(O)c2cccnc2O1. The van der Waals surface area contributed by atoms with E-state index in [2.05, 4.69) is 51.8 Å². The van der Waals surface area contributed by atoms with Gasteiger partial charge in [0.05, 0.1) is 30.1 Å². The van der Waals surface area contributed by atoms with Gasteiger partial charge in [-0.2, -0.15) is 4.31 Å². The molecule has 2 aliphatic rings. The maximum absolute atomic E-state index is 14.1. The lowest BCUT2D eigenvalue weighted by molar-refractivity contribution is -0.130. The number of aryl methyl sites for hydroxylation is 3. The maximum atomic E-state index is 14.1. The largest absolute Gasteiger partial charge is 0.472 e. The van der Waals surface area contributed by atoms with Crippen molar-refractivity contribution in [2.24, 2.45) is 5.41 Å². The number of hydrogen-bond donors (Lipinski definition) is 3. The first-order chi connectivity index (χ1) is 22.4. The van der Waals surface area contributed by atoms with Gasteiger partial charge in [0.15, 0.2) is 0 Å². The molecule has 1 amide bonds. The number of nitrogens with one attached hydrogen (secondary N) is 1. The Morgan fingerprint density at radius 1 is 1.17 bits per heavy atom. The van der Waals surface area contributed by atoms with E-state index in [1.807, 2.05) is 45.4 Å². The van der Waals surface area contributed by atoms with Crippen molar-refractivity contribution in [3.63, 3.8) is 0 Å². The molecule has 3 N–H and O–H groups in total. The van der Waals surface area contributed by atoms with Crippen LogP contribution in [0.15, 0.2) is 53.6 Å². The van der Waals surface area contributed by atoms with Gasteiger partial charge < -0.3 is 14.8 Å². The van der Waals surface area contributed by atoms with Crippen LogP contribution in [0.3, 0.4) is 0 Å². The summed E-state index contributed by atoms with van der Waals surface area (Å²) >= 11 is 0. The van der Waals surface area contributed by atoms with Gasteiger partial charge in [0.25, 0.3) is 0 Å². The van der Waals surface area contributed by atoms with Gasteiger partial charge in [-0.15, -0.1) is 15.9 Å². The molecular formula is C35H46N6O5S. The summed E-state index contributed by atoms with van der Waals surface area (Å²) in [5, 5.41) is 12.1. The predicted molar refractivity (Wildman–Crippen MR) is 183 cm³/mol. The highest BCUT2D eigenvalue weighted by Gasteiger charge is 2.42. The molecule has 11 nitrogen and oxygen atoms in total. The predicted octanol–water partition coefficient (Wildman–Crippen LogP) is 6.22. The highest BCUT2D eigenvalue weighted by molar-refractivity contribution is 8.22. The van der Waals surface area contributed by atoms with Crippen molar-refractivity contribution in [1.82, 2.24) is 29.6 Å². The summed E-state index contributed by atoms with van der Waals surface area (Å²) in [4.78, 5) is 18.7. The Balaban J connectivity index is 1.44. The van der Waals surface area contributed by atoms with E-state index >= 15 is 0 Å². The van der Waals surface area contributed by atoms with Gasteiger partial charge in [-0.25, -0.2) is 9.67 Å². The quantitative estimate of drug-likeness (QED) is 0.191. The summed E-state index contributed by atoms with van der Waals surface area (Å²) in [6.07, 6.45) is 2.81. The van der Waals surface area contributed by atoms with Gasteiger partial charge in [0.1, 0.15) is 16.5 Å². The smallest absolute Gasteiger partial charge is 0.239 e. The van der Waals surface area contributed by atoms with E-state index in [4.69, 9.17) is 9.47 Å². The van der Waals surface area contributed by atoms with E-state index in [-0.39, 0.29) is 36.4 Å². The Morgan fingerprint density at radius 3 is 2.70 bits per heavy atom. The molecule has 4 heterocycles. The van der Waals surface area contributed by atoms with Crippen LogP contribution in [0, 0.1) is 19.3 Å². The number of nitrogens with zero attached hydrogens (tertiary/aromatic N) is 5. The Kier molecular flexibility index (Phi) is 9.34. The minimum atomic E-state index is -3.40. The number of carbonyl (C=O) groups is 1. The van der Waals surface area contributed by atoms with Gasteiger partial charge in [0, 0.05) is 31.8 Å². The number of rotatable bonds is 9. The fourth-order valence-electron chi connectivity index (χ4n) is 6.80. The van der Waals surface area contributed by atoms with Crippen LogP contribution in [0.4, 0.5) is 0 Å². The zero-order valence-electron chi connectivity index (χ0n) is 28.1. The Bertz CT molecular complexity index is 1770. The molecular weight excluding hydrogens is 616 g/mol. The molecule has 252 valence electrons. The van der Waals surface area contributed by atoms with E-state index in [0.29, 0.717) is 37.6 Å². The molecule has 0 spiro atoms. The molecule has 1 fully saturated rings. The number of ether oxygens (including phenoxy) is 2. The second-order valence-corrected chi connectivity index (χ2v) is 15.2. The molecule has 12 heteroatoms. The number of aromatic nitrogens is 4. The van der Waals surface area contributed by atoms with E-state index < -0.39 is 16.2 Å². The highest BCUT2D eigenvalue weighted by Crippen LogP contribution is 2.57. The van der Waals surface area contributed by atoms with Crippen molar-refractivity contribution < 1.29 is 23.4 Å². The third kappa shape index (κ3) is 6.25. The lowest BCUT2D eigenvalue weighted by atomic mass is 9.69. The van der Waals surface area contributed by atoms with E-state index in [1.165, 1.54) is 0 Å². The molecule has 3 unspecified atom stereocenters. The lowest BCUT2D eigenvalue weighted by Gasteiger charge is -2.42. The molecule has 0 bridgehead atoms. The van der Waals surface area contributed by atoms with Crippen LogP contribution < -0.4 is 10.1 Å². The van der Waals surface area contributed by atoms with Crippen LogP contribution in [-0.2, 0) is 22.6 Å². The molecule has 47 heavy (non-hydrogen) atoms. The van der Waals surface area contributed by atoms with Crippen molar-refractivity contribution in [1.29, 1.82) is 0 Å². The van der Waals surface area contributed by atoms with Crippen molar-refractivity contribution in [3.05, 3.63) is 76.5 Å². The second-order valence-electron chi connectivity index (χ2n) is 13.2. The fourth-order valence-corrected chi connectivity index (χ4v) is 8.37. The van der Waals surface area contributed by atoms with E-state index in [0.717, 1.165) is 45.3 Å². The van der Waals surface area contributed by atoms with Crippen LogP contribution in [0.5, 0.6) is 5.88 Å². The van der Waals surface area contributed by atoms with E-state index in [1.54, 1.807) is 22.6 Å². The minimum Gasteiger partial charge on any atom is -0.472 e. The number of carbonyl (C=O) groups excluding carboxylic acids is 1. The van der Waals surface area contributed by atoms with Gasteiger partial charge in [-0.05, 0) is 79.6 Å². The average molecular weight is 663 g/mol. The maximum Gasteiger partial charge on any atom is 0.239 e. The zero-order valence-corrected chi connectivity index (χ0v) is 28.9. The van der Waals surface area contributed by atoms with Crippen molar-refractivity contribution >= 4 is 27.7 Å². The first kappa shape index (κ1) is 33.4. The number of benzene rings is 2. The standard InChI is InChI=1S/C35H46N6O5S/c1-7-27-20-40(47(43,44)30-10-9-16-36-33(30)46-27)19-25-18-24(12-11-22(25)3)31(35(5,6)34(42)37-26-15-17-45-21-26)28-13-14-29-32(23(28)4)38-39-41(29)8-2/h9-14,16,18,26-27,31,43-44H,7-8,15,17,19-21H2,1-6H3,(H,37,42). The molecule has 6 rings (SSSR count). The van der Waals surface area contributed by atoms with Crippen molar-refractivity contribution in [3.8, 4) is 5.88 Å². The van der Waals surface area contributed by atoms with Gasteiger partial charge in [-0.1, -0.05) is 50.3 Å². The minimum absolute atomic E-state index is 0.0247.